The third-order valence-corrected chi connectivity index (χ3v) is 6.78. The summed E-state index contributed by atoms with van der Waals surface area (Å²) in [5.41, 5.74) is 0.932. The second-order valence-electron chi connectivity index (χ2n) is 7.55. The summed E-state index contributed by atoms with van der Waals surface area (Å²) in [6.07, 6.45) is 2.14. The van der Waals surface area contributed by atoms with Crippen molar-refractivity contribution in [3.63, 3.8) is 0 Å². The molecular weight excluding hydrogens is 352 g/mol. The van der Waals surface area contributed by atoms with Gasteiger partial charge in [-0.05, 0) is 35.2 Å². The van der Waals surface area contributed by atoms with Crippen molar-refractivity contribution < 1.29 is 19.1 Å². The molecule has 1 unspecified atom stereocenters. The summed E-state index contributed by atoms with van der Waals surface area (Å²) < 4.78 is 11.0. The fourth-order valence-electron chi connectivity index (χ4n) is 4.47. The van der Waals surface area contributed by atoms with Crippen LogP contribution in [0.4, 0.5) is 0 Å². The first-order chi connectivity index (χ1) is 12.7. The molecule has 6 nitrogen and oxygen atoms in total. The normalized spacial score (nSPS) is 25.6. The van der Waals surface area contributed by atoms with Gasteiger partial charge in [0.05, 0.1) is 25.6 Å². The van der Waals surface area contributed by atoms with E-state index in [-0.39, 0.29) is 23.1 Å². The highest BCUT2D eigenvalue weighted by Crippen LogP contribution is 2.45. The summed E-state index contributed by atoms with van der Waals surface area (Å²) in [6.45, 7) is 5.11. The van der Waals surface area contributed by atoms with Gasteiger partial charge in [-0.2, -0.15) is 11.3 Å². The molecule has 4 rings (SSSR count). The monoisotopic (exact) mass is 378 g/mol. The van der Waals surface area contributed by atoms with E-state index in [0.717, 1.165) is 18.4 Å². The highest BCUT2D eigenvalue weighted by atomic mass is 32.1. The number of morpholine rings is 1. The minimum atomic E-state index is -0.127. The van der Waals surface area contributed by atoms with Crippen LogP contribution >= 0.6 is 11.3 Å². The quantitative estimate of drug-likeness (QED) is 0.798. The van der Waals surface area contributed by atoms with Crippen LogP contribution in [0.25, 0.3) is 0 Å². The second-order valence-corrected chi connectivity index (χ2v) is 8.33. The Morgan fingerprint density at radius 3 is 2.54 bits per heavy atom. The maximum atomic E-state index is 13.3. The minimum Gasteiger partial charge on any atom is -0.381 e. The van der Waals surface area contributed by atoms with Gasteiger partial charge in [0.1, 0.15) is 0 Å². The predicted octanol–water partition coefficient (Wildman–Crippen LogP) is 1.40. The first kappa shape index (κ1) is 17.9. The van der Waals surface area contributed by atoms with Gasteiger partial charge in [-0.1, -0.05) is 0 Å². The number of hydrogen-bond donors (Lipinski definition) is 0. The van der Waals surface area contributed by atoms with E-state index in [1.807, 2.05) is 26.6 Å². The van der Waals surface area contributed by atoms with Gasteiger partial charge in [-0.15, -0.1) is 0 Å². The maximum Gasteiger partial charge on any atom is 0.228 e. The second kappa shape index (κ2) is 7.66. The largest absolute Gasteiger partial charge is 0.381 e. The van der Waals surface area contributed by atoms with Crippen molar-refractivity contribution in [2.75, 3.05) is 52.6 Å². The molecule has 3 aliphatic heterocycles. The summed E-state index contributed by atoms with van der Waals surface area (Å²) in [4.78, 5) is 29.9. The summed E-state index contributed by atoms with van der Waals surface area (Å²) in [7, 11) is 0. The highest BCUT2D eigenvalue weighted by Gasteiger charge is 2.52. The summed E-state index contributed by atoms with van der Waals surface area (Å²) in [6, 6.07) is 2.00. The molecule has 0 aliphatic carbocycles. The zero-order valence-corrected chi connectivity index (χ0v) is 15.8. The van der Waals surface area contributed by atoms with Crippen molar-refractivity contribution in [3.8, 4) is 0 Å². The van der Waals surface area contributed by atoms with E-state index in [9.17, 15) is 9.59 Å². The van der Waals surface area contributed by atoms with E-state index in [0.29, 0.717) is 59.0 Å². The Morgan fingerprint density at radius 1 is 1.12 bits per heavy atom. The van der Waals surface area contributed by atoms with Gasteiger partial charge in [-0.25, -0.2) is 0 Å². The molecule has 7 heteroatoms. The zero-order chi connectivity index (χ0) is 18.0. The summed E-state index contributed by atoms with van der Waals surface area (Å²) in [5.74, 6) is 0.212. The molecule has 3 fully saturated rings. The fourth-order valence-corrected chi connectivity index (χ4v) is 5.14. The minimum absolute atomic E-state index is 0.115. The Hall–Kier alpha value is -1.44. The number of carbonyl (C=O) groups excluding carboxylic acids is 2. The molecule has 1 atom stereocenters. The van der Waals surface area contributed by atoms with Gasteiger partial charge in [-0.3, -0.25) is 9.59 Å². The highest BCUT2D eigenvalue weighted by molar-refractivity contribution is 7.08. The van der Waals surface area contributed by atoms with Crippen LogP contribution < -0.4 is 0 Å². The number of likely N-dealkylation sites (tertiary alicyclic amines) is 1. The molecule has 0 N–H and O–H groups in total. The first-order valence-corrected chi connectivity index (χ1v) is 10.4. The van der Waals surface area contributed by atoms with E-state index < -0.39 is 0 Å². The number of amides is 2. The van der Waals surface area contributed by atoms with Gasteiger partial charge >= 0.3 is 0 Å². The number of thiophene rings is 1. The molecular formula is C19H26N2O4S. The van der Waals surface area contributed by atoms with Gasteiger partial charge in [0.2, 0.25) is 11.8 Å². The van der Waals surface area contributed by atoms with Crippen molar-refractivity contribution in [2.24, 2.45) is 11.3 Å². The van der Waals surface area contributed by atoms with Gasteiger partial charge in [0.25, 0.3) is 0 Å². The smallest absolute Gasteiger partial charge is 0.228 e. The van der Waals surface area contributed by atoms with Crippen LogP contribution in [0.1, 0.15) is 18.4 Å². The standard InChI is InChI=1S/C19H26N2O4S/c22-17(11-15-1-10-26-13-15)21-12-16(18(23)20-4-8-25-9-5-20)19(14-21)2-6-24-7-3-19/h1,10,13,16H,2-9,11-12,14H2. The number of rotatable bonds is 3. The Kier molecular flexibility index (Phi) is 5.29. The maximum absolute atomic E-state index is 13.3. The van der Waals surface area contributed by atoms with Crippen molar-refractivity contribution in [2.45, 2.75) is 19.3 Å². The average Bonchev–Trinajstić information content (AvgIpc) is 3.31. The Bertz CT molecular complexity index is 636. The lowest BCUT2D eigenvalue weighted by Gasteiger charge is -2.39. The van der Waals surface area contributed by atoms with Crippen molar-refractivity contribution in [1.29, 1.82) is 0 Å². The Labute approximate surface area is 158 Å². The molecule has 1 aromatic rings. The number of hydrogen-bond acceptors (Lipinski definition) is 5. The van der Waals surface area contributed by atoms with Crippen LogP contribution in [0.15, 0.2) is 16.8 Å². The SMILES string of the molecule is O=C(Cc1ccsc1)N1CC(C(=O)N2CCOCC2)C2(CCOCC2)C1. The molecule has 0 bridgehead atoms. The fraction of sp³-hybridized carbons (Fsp3) is 0.684. The van der Waals surface area contributed by atoms with E-state index >= 15 is 0 Å². The molecule has 4 heterocycles. The van der Waals surface area contributed by atoms with Crippen LogP contribution in [0.3, 0.4) is 0 Å². The van der Waals surface area contributed by atoms with Gasteiger partial charge in [0.15, 0.2) is 0 Å². The molecule has 0 aromatic carbocycles. The molecule has 0 radical (unpaired) electrons. The van der Waals surface area contributed by atoms with E-state index in [4.69, 9.17) is 9.47 Å². The Balaban J connectivity index is 1.50. The molecule has 1 spiro atoms. The summed E-state index contributed by atoms with van der Waals surface area (Å²) in [5, 5.41) is 4.02. The molecule has 2 amide bonds. The molecule has 142 valence electrons. The van der Waals surface area contributed by atoms with Gasteiger partial charge < -0.3 is 19.3 Å². The molecule has 0 saturated carbocycles. The van der Waals surface area contributed by atoms with E-state index in [1.54, 1.807) is 11.3 Å². The predicted molar refractivity (Wildman–Crippen MR) is 98.0 cm³/mol. The van der Waals surface area contributed by atoms with Crippen molar-refractivity contribution in [1.82, 2.24) is 9.80 Å². The van der Waals surface area contributed by atoms with Crippen molar-refractivity contribution in [3.05, 3.63) is 22.4 Å². The van der Waals surface area contributed by atoms with Crippen LogP contribution in [-0.4, -0.2) is 74.2 Å². The molecule has 26 heavy (non-hydrogen) atoms. The third kappa shape index (κ3) is 3.52. The first-order valence-electron chi connectivity index (χ1n) is 9.41. The lowest BCUT2D eigenvalue weighted by molar-refractivity contribution is -0.144. The average molecular weight is 378 g/mol. The van der Waals surface area contributed by atoms with Crippen LogP contribution in [0.5, 0.6) is 0 Å². The number of ether oxygens (including phenoxy) is 2. The Morgan fingerprint density at radius 2 is 1.85 bits per heavy atom. The lowest BCUT2D eigenvalue weighted by atomic mass is 9.71. The van der Waals surface area contributed by atoms with Crippen LogP contribution in [-0.2, 0) is 25.5 Å². The third-order valence-electron chi connectivity index (χ3n) is 6.05. The van der Waals surface area contributed by atoms with Crippen molar-refractivity contribution >= 4 is 23.2 Å². The van der Waals surface area contributed by atoms with Crippen LogP contribution in [0.2, 0.25) is 0 Å². The van der Waals surface area contributed by atoms with E-state index in [2.05, 4.69) is 0 Å². The van der Waals surface area contributed by atoms with E-state index in [1.165, 1.54) is 0 Å². The number of nitrogens with zero attached hydrogens (tertiary/aromatic N) is 2. The lowest BCUT2D eigenvalue weighted by Crippen LogP contribution is -2.49. The topological polar surface area (TPSA) is 59.1 Å². The molecule has 3 aliphatic rings. The molecule has 3 saturated heterocycles. The zero-order valence-electron chi connectivity index (χ0n) is 15.0. The molecule has 1 aromatic heterocycles. The number of carbonyl (C=O) groups is 2. The summed E-state index contributed by atoms with van der Waals surface area (Å²) >= 11 is 1.61. The van der Waals surface area contributed by atoms with Gasteiger partial charge in [0, 0.05) is 44.8 Å². The van der Waals surface area contributed by atoms with Crippen LogP contribution in [0, 0.1) is 11.3 Å².